The van der Waals surface area contributed by atoms with Gasteiger partial charge in [0.15, 0.2) is 0 Å². The number of thiophene rings is 1. The van der Waals surface area contributed by atoms with Crippen LogP contribution >= 0.6 is 11.3 Å². The van der Waals surface area contributed by atoms with E-state index in [2.05, 4.69) is 17.6 Å². The van der Waals surface area contributed by atoms with Gasteiger partial charge in [0.2, 0.25) is 0 Å². The molecular formula is C17H18N2O2S. The number of hydrogen-bond donors (Lipinski definition) is 3. The number of aromatic hydroxyl groups is 1. The van der Waals surface area contributed by atoms with Gasteiger partial charge in [0, 0.05) is 4.88 Å². The lowest BCUT2D eigenvalue weighted by Crippen LogP contribution is -2.38. The minimum Gasteiger partial charge on any atom is -0.508 e. The van der Waals surface area contributed by atoms with E-state index in [1.54, 1.807) is 23.5 Å². The molecule has 1 amide bonds. The molecule has 2 aliphatic rings. The lowest BCUT2D eigenvalue weighted by atomic mass is 9.88. The number of anilines is 1. The Morgan fingerprint density at radius 2 is 2.00 bits per heavy atom. The molecule has 0 radical (unpaired) electrons. The first-order valence-electron chi connectivity index (χ1n) is 7.62. The molecule has 5 heteroatoms. The third kappa shape index (κ3) is 2.16. The summed E-state index contributed by atoms with van der Waals surface area (Å²) in [6.07, 6.45) is 3.00. The van der Waals surface area contributed by atoms with Gasteiger partial charge in [-0.3, -0.25) is 4.79 Å². The van der Waals surface area contributed by atoms with Crippen LogP contribution in [0.1, 0.15) is 45.9 Å². The van der Waals surface area contributed by atoms with Crippen molar-refractivity contribution in [3.8, 4) is 5.75 Å². The highest BCUT2D eigenvalue weighted by molar-refractivity contribution is 7.16. The van der Waals surface area contributed by atoms with Crippen molar-refractivity contribution >= 4 is 22.2 Å². The van der Waals surface area contributed by atoms with E-state index >= 15 is 0 Å². The lowest BCUT2D eigenvalue weighted by Gasteiger charge is -2.27. The van der Waals surface area contributed by atoms with E-state index in [-0.39, 0.29) is 17.8 Å². The van der Waals surface area contributed by atoms with Gasteiger partial charge in [-0.2, -0.15) is 0 Å². The molecule has 0 fully saturated rings. The molecule has 4 rings (SSSR count). The molecule has 2 atom stereocenters. The van der Waals surface area contributed by atoms with Gasteiger partial charge in [-0.1, -0.05) is 19.1 Å². The van der Waals surface area contributed by atoms with Gasteiger partial charge < -0.3 is 15.7 Å². The van der Waals surface area contributed by atoms with Gasteiger partial charge >= 0.3 is 0 Å². The fourth-order valence-corrected chi connectivity index (χ4v) is 4.73. The van der Waals surface area contributed by atoms with Crippen molar-refractivity contribution in [1.29, 1.82) is 0 Å². The minimum atomic E-state index is -0.238. The van der Waals surface area contributed by atoms with Crippen LogP contribution in [0, 0.1) is 5.92 Å². The van der Waals surface area contributed by atoms with E-state index in [4.69, 9.17) is 0 Å². The van der Waals surface area contributed by atoms with Crippen LogP contribution in [0.25, 0.3) is 0 Å². The minimum absolute atomic E-state index is 0.0129. The molecule has 4 nitrogen and oxygen atoms in total. The number of fused-ring (bicyclic) bond motifs is 3. The first-order valence-corrected chi connectivity index (χ1v) is 8.44. The fraction of sp³-hybridized carbons (Fsp3) is 0.353. The average molecular weight is 314 g/mol. The summed E-state index contributed by atoms with van der Waals surface area (Å²) >= 11 is 1.73. The van der Waals surface area contributed by atoms with E-state index in [1.807, 2.05) is 12.1 Å². The van der Waals surface area contributed by atoms with Crippen LogP contribution in [0.5, 0.6) is 5.75 Å². The zero-order chi connectivity index (χ0) is 15.3. The average Bonchev–Trinajstić information content (AvgIpc) is 2.85. The Hall–Kier alpha value is -2.01. The summed E-state index contributed by atoms with van der Waals surface area (Å²) in [7, 11) is 0. The molecule has 0 bridgehead atoms. The Kier molecular flexibility index (Phi) is 3.11. The Morgan fingerprint density at radius 1 is 1.23 bits per heavy atom. The Morgan fingerprint density at radius 3 is 2.77 bits per heavy atom. The lowest BCUT2D eigenvalue weighted by molar-refractivity contribution is 0.0935. The summed E-state index contributed by atoms with van der Waals surface area (Å²) in [6, 6.07) is 6.93. The van der Waals surface area contributed by atoms with Crippen LogP contribution in [0.2, 0.25) is 0 Å². The van der Waals surface area contributed by atoms with Gasteiger partial charge in [0.1, 0.15) is 16.9 Å². The molecule has 2 unspecified atom stereocenters. The van der Waals surface area contributed by atoms with Gasteiger partial charge in [-0.05, 0) is 48.4 Å². The second-order valence-corrected chi connectivity index (χ2v) is 7.30. The number of amides is 1. The van der Waals surface area contributed by atoms with Crippen molar-refractivity contribution in [2.75, 3.05) is 5.32 Å². The number of phenols is 1. The molecule has 114 valence electrons. The highest BCUT2D eigenvalue weighted by Gasteiger charge is 2.32. The first kappa shape index (κ1) is 13.6. The number of nitrogens with one attached hydrogen (secondary N) is 2. The number of phenolic OH excluding ortho intramolecular Hbond substituents is 1. The predicted octanol–water partition coefficient (Wildman–Crippen LogP) is 3.43. The normalized spacial score (nSPS) is 23.2. The molecular weight excluding hydrogens is 296 g/mol. The topological polar surface area (TPSA) is 61.4 Å². The van der Waals surface area contributed by atoms with Crippen molar-refractivity contribution < 1.29 is 9.90 Å². The molecule has 2 aromatic rings. The highest BCUT2D eigenvalue weighted by Crippen LogP contribution is 2.42. The maximum atomic E-state index is 12.6. The quantitative estimate of drug-likeness (QED) is 0.756. The smallest absolute Gasteiger partial charge is 0.256 e. The highest BCUT2D eigenvalue weighted by atomic mass is 32.1. The van der Waals surface area contributed by atoms with E-state index in [9.17, 15) is 9.90 Å². The molecule has 0 saturated heterocycles. The van der Waals surface area contributed by atoms with E-state index in [0.29, 0.717) is 5.92 Å². The number of rotatable bonds is 1. The molecule has 1 aliphatic heterocycles. The number of hydrogen-bond acceptors (Lipinski definition) is 4. The summed E-state index contributed by atoms with van der Waals surface area (Å²) < 4.78 is 0. The molecule has 1 aliphatic carbocycles. The molecule has 1 aromatic heterocycles. The van der Waals surface area contributed by atoms with Gasteiger partial charge in [-0.25, -0.2) is 0 Å². The summed E-state index contributed by atoms with van der Waals surface area (Å²) in [4.78, 5) is 13.9. The van der Waals surface area contributed by atoms with E-state index < -0.39 is 0 Å². The van der Waals surface area contributed by atoms with Crippen molar-refractivity contribution in [2.45, 2.75) is 32.4 Å². The molecule has 0 spiro atoms. The Labute approximate surface area is 133 Å². The standard InChI is InChI=1S/C17H18N2O2S/c1-9-2-7-12-13(8-9)22-17-14(12)16(21)18-15(19-17)10-3-5-11(20)6-4-10/h3-6,9,15,19-20H,2,7-8H2,1H3,(H,18,21). The maximum absolute atomic E-state index is 12.6. The zero-order valence-electron chi connectivity index (χ0n) is 12.3. The third-order valence-corrected chi connectivity index (χ3v) is 5.70. The van der Waals surface area contributed by atoms with Gasteiger partial charge in [0.05, 0.1) is 5.56 Å². The largest absolute Gasteiger partial charge is 0.508 e. The number of carbonyl (C=O) groups excluding carboxylic acids is 1. The van der Waals surface area contributed by atoms with Crippen molar-refractivity contribution in [2.24, 2.45) is 5.92 Å². The summed E-state index contributed by atoms with van der Waals surface area (Å²) in [5.74, 6) is 0.939. The van der Waals surface area contributed by atoms with Crippen LogP contribution in [-0.2, 0) is 12.8 Å². The van der Waals surface area contributed by atoms with Crippen LogP contribution in [0.15, 0.2) is 24.3 Å². The summed E-state index contributed by atoms with van der Waals surface area (Å²) in [6.45, 7) is 2.27. The monoisotopic (exact) mass is 314 g/mol. The number of benzene rings is 1. The third-order valence-electron chi connectivity index (χ3n) is 4.52. The van der Waals surface area contributed by atoms with E-state index in [1.165, 1.54) is 10.4 Å². The maximum Gasteiger partial charge on any atom is 0.256 e. The Bertz CT molecular complexity index is 736. The molecule has 1 aromatic carbocycles. The van der Waals surface area contributed by atoms with E-state index in [0.717, 1.165) is 35.4 Å². The number of carbonyl (C=O) groups is 1. The van der Waals surface area contributed by atoms with Crippen molar-refractivity contribution in [3.05, 3.63) is 45.8 Å². The Balaban J connectivity index is 1.69. The molecule has 0 saturated carbocycles. The van der Waals surface area contributed by atoms with Crippen molar-refractivity contribution in [1.82, 2.24) is 5.32 Å². The molecule has 2 heterocycles. The molecule has 3 N–H and O–H groups in total. The van der Waals surface area contributed by atoms with Gasteiger partial charge in [0.25, 0.3) is 5.91 Å². The first-order chi connectivity index (χ1) is 10.6. The van der Waals surface area contributed by atoms with Gasteiger partial charge in [-0.15, -0.1) is 11.3 Å². The summed E-state index contributed by atoms with van der Waals surface area (Å²) in [5, 5.41) is 16.9. The zero-order valence-corrected chi connectivity index (χ0v) is 13.2. The fourth-order valence-electron chi connectivity index (χ4n) is 3.30. The second-order valence-electron chi connectivity index (χ2n) is 6.20. The SMILES string of the molecule is CC1CCc2c(sc3c2C(=O)NC(c2ccc(O)cc2)N3)C1. The second kappa shape index (κ2) is 5.02. The van der Waals surface area contributed by atoms with Crippen molar-refractivity contribution in [3.63, 3.8) is 0 Å². The summed E-state index contributed by atoms with van der Waals surface area (Å²) in [5.41, 5.74) is 3.03. The van der Waals surface area contributed by atoms with Crippen LogP contribution in [0.3, 0.4) is 0 Å². The van der Waals surface area contributed by atoms with Crippen LogP contribution in [-0.4, -0.2) is 11.0 Å². The van der Waals surface area contributed by atoms with Crippen LogP contribution < -0.4 is 10.6 Å². The molecule has 22 heavy (non-hydrogen) atoms. The predicted molar refractivity (Wildman–Crippen MR) is 87.4 cm³/mol. The van der Waals surface area contributed by atoms with Crippen LogP contribution in [0.4, 0.5) is 5.00 Å².